The molecule has 4 rings (SSSR count). The SMILES string of the molecule is O=C([O-])[C@H]1CC(=O)N(Cc2ccc3c(c2)OCO3)C(=Nc2ccc(F)cc2)S1. The molecule has 1 atom stereocenters. The van der Waals surface area contributed by atoms with Crippen LogP contribution in [0.15, 0.2) is 47.5 Å². The molecule has 0 unspecified atom stereocenters. The highest BCUT2D eigenvalue weighted by molar-refractivity contribution is 8.15. The van der Waals surface area contributed by atoms with E-state index in [-0.39, 0.29) is 30.8 Å². The lowest BCUT2D eigenvalue weighted by atomic mass is 10.1. The summed E-state index contributed by atoms with van der Waals surface area (Å²) in [6.07, 6.45) is -0.194. The van der Waals surface area contributed by atoms with Crippen molar-refractivity contribution >= 4 is 34.5 Å². The third-order valence-electron chi connectivity index (χ3n) is 4.23. The molecule has 2 aliphatic rings. The fourth-order valence-electron chi connectivity index (χ4n) is 2.83. The van der Waals surface area contributed by atoms with Crippen molar-refractivity contribution in [2.24, 2.45) is 4.99 Å². The van der Waals surface area contributed by atoms with Gasteiger partial charge in [0.25, 0.3) is 0 Å². The van der Waals surface area contributed by atoms with E-state index in [0.29, 0.717) is 17.2 Å². The number of rotatable bonds is 4. The molecule has 1 fully saturated rings. The van der Waals surface area contributed by atoms with Crippen molar-refractivity contribution in [3.05, 3.63) is 53.8 Å². The minimum atomic E-state index is -1.33. The molecule has 0 radical (unpaired) electrons. The number of aliphatic imine (C=N–C) groups is 1. The predicted molar refractivity (Wildman–Crippen MR) is 97.6 cm³/mol. The van der Waals surface area contributed by atoms with Crippen LogP contribution in [0, 0.1) is 5.82 Å². The summed E-state index contributed by atoms with van der Waals surface area (Å²) in [5.74, 6) is -0.917. The van der Waals surface area contributed by atoms with E-state index < -0.39 is 17.0 Å². The van der Waals surface area contributed by atoms with Gasteiger partial charge in [-0.05, 0) is 42.0 Å². The number of hydrogen-bond donors (Lipinski definition) is 0. The number of carbonyl (C=O) groups is 2. The monoisotopic (exact) mass is 401 g/mol. The molecule has 0 aliphatic carbocycles. The van der Waals surface area contributed by atoms with E-state index in [1.807, 2.05) is 0 Å². The number of amidine groups is 1. The molecule has 2 aromatic carbocycles. The summed E-state index contributed by atoms with van der Waals surface area (Å²) in [6, 6.07) is 10.7. The zero-order valence-corrected chi connectivity index (χ0v) is 15.3. The molecule has 1 saturated heterocycles. The first-order chi connectivity index (χ1) is 13.5. The Bertz CT molecular complexity index is 963. The number of thioether (sulfide) groups is 1. The molecule has 9 heteroatoms. The normalized spacial score (nSPS) is 19.9. The molecule has 0 saturated carbocycles. The van der Waals surface area contributed by atoms with Crippen molar-refractivity contribution in [1.29, 1.82) is 0 Å². The molecule has 28 heavy (non-hydrogen) atoms. The number of hydrogen-bond acceptors (Lipinski definition) is 7. The van der Waals surface area contributed by atoms with Crippen LogP contribution >= 0.6 is 11.8 Å². The summed E-state index contributed by atoms with van der Waals surface area (Å²) in [7, 11) is 0. The smallest absolute Gasteiger partial charge is 0.231 e. The number of benzene rings is 2. The molecular weight excluding hydrogens is 387 g/mol. The van der Waals surface area contributed by atoms with Crippen molar-refractivity contribution in [1.82, 2.24) is 4.90 Å². The summed E-state index contributed by atoms with van der Waals surface area (Å²) in [6.45, 7) is 0.324. The molecular formula is C19H14FN2O5S-. The second kappa shape index (κ2) is 7.51. The molecule has 2 heterocycles. The number of halogens is 1. The second-order valence-electron chi connectivity index (χ2n) is 6.17. The predicted octanol–water partition coefficient (Wildman–Crippen LogP) is 1.83. The van der Waals surface area contributed by atoms with Crippen LogP contribution in [0.3, 0.4) is 0 Å². The number of carboxylic acids is 1. The zero-order valence-electron chi connectivity index (χ0n) is 14.5. The van der Waals surface area contributed by atoms with Gasteiger partial charge < -0.3 is 19.4 Å². The van der Waals surface area contributed by atoms with Crippen LogP contribution in [-0.4, -0.2) is 34.0 Å². The van der Waals surface area contributed by atoms with Gasteiger partial charge in [0.05, 0.1) is 23.5 Å². The van der Waals surface area contributed by atoms with Gasteiger partial charge in [-0.1, -0.05) is 17.8 Å². The maximum absolute atomic E-state index is 13.1. The van der Waals surface area contributed by atoms with Gasteiger partial charge in [-0.3, -0.25) is 9.69 Å². The van der Waals surface area contributed by atoms with E-state index in [0.717, 1.165) is 17.3 Å². The molecule has 144 valence electrons. The third-order valence-corrected chi connectivity index (χ3v) is 5.40. The van der Waals surface area contributed by atoms with Crippen LogP contribution < -0.4 is 14.6 Å². The van der Waals surface area contributed by atoms with Gasteiger partial charge in [0.2, 0.25) is 12.7 Å². The van der Waals surface area contributed by atoms with Crippen LogP contribution in [0.5, 0.6) is 11.5 Å². The van der Waals surface area contributed by atoms with Crippen LogP contribution in [0.2, 0.25) is 0 Å². The molecule has 0 aromatic heterocycles. The Labute approximate surface area is 163 Å². The molecule has 2 aliphatic heterocycles. The first-order valence-electron chi connectivity index (χ1n) is 8.40. The van der Waals surface area contributed by atoms with Crippen LogP contribution in [0.4, 0.5) is 10.1 Å². The van der Waals surface area contributed by atoms with Crippen LogP contribution in [-0.2, 0) is 16.1 Å². The second-order valence-corrected chi connectivity index (χ2v) is 7.34. The van der Waals surface area contributed by atoms with Gasteiger partial charge in [0.1, 0.15) is 5.82 Å². The molecule has 1 amide bonds. The van der Waals surface area contributed by atoms with Gasteiger partial charge in [-0.2, -0.15) is 0 Å². The Morgan fingerprint density at radius 1 is 1.21 bits per heavy atom. The quantitative estimate of drug-likeness (QED) is 0.776. The maximum Gasteiger partial charge on any atom is 0.231 e. The fraction of sp³-hybridized carbons (Fsp3) is 0.211. The van der Waals surface area contributed by atoms with E-state index in [1.165, 1.54) is 29.2 Å². The number of ether oxygens (including phenoxy) is 2. The highest BCUT2D eigenvalue weighted by Gasteiger charge is 2.33. The van der Waals surface area contributed by atoms with Gasteiger partial charge in [-0.25, -0.2) is 9.38 Å². The first-order valence-corrected chi connectivity index (χ1v) is 9.28. The molecule has 0 N–H and O–H groups in total. The first kappa shape index (κ1) is 18.3. The Hall–Kier alpha value is -3.07. The number of carbonyl (C=O) groups excluding carboxylic acids is 2. The summed E-state index contributed by atoms with van der Waals surface area (Å²) in [5, 5.41) is 10.5. The van der Waals surface area contributed by atoms with Gasteiger partial charge >= 0.3 is 0 Å². The van der Waals surface area contributed by atoms with Crippen molar-refractivity contribution in [2.75, 3.05) is 6.79 Å². The number of fused-ring (bicyclic) bond motifs is 1. The number of aliphatic carboxylic acids is 1. The van der Waals surface area contributed by atoms with Crippen molar-refractivity contribution in [3.63, 3.8) is 0 Å². The Kier molecular flexibility index (Phi) is 4.91. The molecule has 7 nitrogen and oxygen atoms in total. The molecule has 2 aromatic rings. The van der Waals surface area contributed by atoms with E-state index in [1.54, 1.807) is 18.2 Å². The summed E-state index contributed by atoms with van der Waals surface area (Å²) >= 11 is 0.939. The summed E-state index contributed by atoms with van der Waals surface area (Å²) in [5.41, 5.74) is 1.18. The lowest BCUT2D eigenvalue weighted by Crippen LogP contribution is -2.47. The summed E-state index contributed by atoms with van der Waals surface area (Å²) < 4.78 is 23.8. The highest BCUT2D eigenvalue weighted by Crippen LogP contribution is 2.34. The fourth-order valence-corrected chi connectivity index (χ4v) is 3.86. The number of amides is 1. The van der Waals surface area contributed by atoms with Gasteiger partial charge in [-0.15, -0.1) is 0 Å². The minimum Gasteiger partial charge on any atom is -0.549 e. The average molecular weight is 401 g/mol. The van der Waals surface area contributed by atoms with E-state index in [2.05, 4.69) is 4.99 Å². The van der Waals surface area contributed by atoms with Crippen molar-refractivity contribution in [2.45, 2.75) is 18.2 Å². The Balaban J connectivity index is 1.64. The lowest BCUT2D eigenvalue weighted by Gasteiger charge is -2.32. The Morgan fingerprint density at radius 2 is 1.96 bits per heavy atom. The largest absolute Gasteiger partial charge is 0.549 e. The topological polar surface area (TPSA) is 91.3 Å². The Morgan fingerprint density at radius 3 is 2.71 bits per heavy atom. The highest BCUT2D eigenvalue weighted by atomic mass is 32.2. The van der Waals surface area contributed by atoms with Crippen molar-refractivity contribution < 1.29 is 28.6 Å². The number of carboxylic acid groups (broad SMARTS) is 1. The van der Waals surface area contributed by atoms with Crippen LogP contribution in [0.25, 0.3) is 0 Å². The summed E-state index contributed by atoms with van der Waals surface area (Å²) in [4.78, 5) is 29.7. The van der Waals surface area contributed by atoms with Gasteiger partial charge in [0.15, 0.2) is 16.7 Å². The lowest BCUT2D eigenvalue weighted by molar-refractivity contribution is -0.304. The molecule has 0 bridgehead atoms. The van der Waals surface area contributed by atoms with E-state index in [9.17, 15) is 19.1 Å². The third kappa shape index (κ3) is 3.79. The van der Waals surface area contributed by atoms with E-state index >= 15 is 0 Å². The zero-order chi connectivity index (χ0) is 19.7. The van der Waals surface area contributed by atoms with Gasteiger partial charge in [0, 0.05) is 6.42 Å². The number of nitrogens with zero attached hydrogens (tertiary/aromatic N) is 2. The van der Waals surface area contributed by atoms with Crippen LogP contribution in [0.1, 0.15) is 12.0 Å². The molecule has 0 spiro atoms. The van der Waals surface area contributed by atoms with E-state index in [4.69, 9.17) is 9.47 Å². The standard InChI is InChI=1S/C19H15FN2O5S/c20-12-2-4-13(5-3-12)21-19-22(17(23)8-16(28-19)18(24)25)9-11-1-6-14-15(7-11)27-10-26-14/h1-7,16H,8-10H2,(H,24,25)/p-1/t16-/m1/s1. The average Bonchev–Trinajstić information content (AvgIpc) is 3.13. The minimum absolute atomic E-state index is 0.141. The maximum atomic E-state index is 13.1. The van der Waals surface area contributed by atoms with Crippen molar-refractivity contribution in [3.8, 4) is 11.5 Å².